The van der Waals surface area contributed by atoms with Crippen molar-refractivity contribution in [3.05, 3.63) is 22.3 Å². The van der Waals surface area contributed by atoms with Gasteiger partial charge in [0.2, 0.25) is 5.91 Å². The van der Waals surface area contributed by atoms with E-state index in [4.69, 9.17) is 28.3 Å². The molecule has 0 aliphatic carbocycles. The number of amides is 1. The van der Waals surface area contributed by atoms with E-state index in [0.717, 1.165) is 19.5 Å². The van der Waals surface area contributed by atoms with Gasteiger partial charge < -0.3 is 10.4 Å². The smallest absolute Gasteiger partial charge is 0.239 e. The third kappa shape index (κ3) is 4.04. The topological polar surface area (TPSA) is 65.5 Å². The van der Waals surface area contributed by atoms with E-state index in [0.29, 0.717) is 15.9 Å². The second-order valence-corrected chi connectivity index (χ2v) is 5.45. The average molecular weight is 304 g/mol. The van der Waals surface area contributed by atoms with E-state index in [2.05, 4.69) is 10.3 Å². The first kappa shape index (κ1) is 14.5. The van der Waals surface area contributed by atoms with Gasteiger partial charge in [0.15, 0.2) is 5.82 Å². The molecule has 0 bridgehead atoms. The van der Waals surface area contributed by atoms with E-state index < -0.39 is 0 Å². The first-order valence-electron chi connectivity index (χ1n) is 6.02. The molecule has 2 rings (SSSR count). The van der Waals surface area contributed by atoms with Crippen LogP contribution in [0.25, 0.3) is 0 Å². The van der Waals surface area contributed by atoms with Gasteiger partial charge in [0.05, 0.1) is 16.6 Å². The number of aliphatic hydroxyl groups excluding tert-OH is 1. The predicted molar refractivity (Wildman–Crippen MR) is 74.5 cm³/mol. The number of rotatable bonds is 4. The van der Waals surface area contributed by atoms with E-state index in [1.165, 1.54) is 12.3 Å². The number of aromatic nitrogens is 1. The third-order valence-corrected chi connectivity index (χ3v) is 3.56. The highest BCUT2D eigenvalue weighted by Gasteiger charge is 2.23. The highest BCUT2D eigenvalue weighted by Crippen LogP contribution is 2.22. The van der Waals surface area contributed by atoms with Gasteiger partial charge in [-0.05, 0) is 24.9 Å². The molecule has 0 aromatic carbocycles. The van der Waals surface area contributed by atoms with Crippen LogP contribution in [0.5, 0.6) is 0 Å². The largest absolute Gasteiger partial charge is 0.396 e. The van der Waals surface area contributed by atoms with Gasteiger partial charge >= 0.3 is 0 Å². The molecule has 0 radical (unpaired) electrons. The second kappa shape index (κ2) is 6.52. The second-order valence-electron chi connectivity index (χ2n) is 4.60. The Hall–Kier alpha value is -0.880. The number of likely N-dealkylation sites (tertiary alicyclic amines) is 1. The SMILES string of the molecule is O=C(CN1CCC(CO)C1)Nc1ncc(Cl)cc1Cl. The van der Waals surface area contributed by atoms with Crippen LogP contribution in [-0.4, -0.2) is 47.1 Å². The number of carbonyl (C=O) groups is 1. The Morgan fingerprint density at radius 1 is 1.58 bits per heavy atom. The van der Waals surface area contributed by atoms with Crippen LogP contribution in [0.4, 0.5) is 5.82 Å². The van der Waals surface area contributed by atoms with Crippen LogP contribution in [0.2, 0.25) is 10.0 Å². The van der Waals surface area contributed by atoms with Crippen LogP contribution in [-0.2, 0) is 4.79 Å². The Labute approximate surface area is 121 Å². The summed E-state index contributed by atoms with van der Waals surface area (Å²) >= 11 is 11.7. The summed E-state index contributed by atoms with van der Waals surface area (Å²) in [4.78, 5) is 17.8. The summed E-state index contributed by atoms with van der Waals surface area (Å²) in [5.41, 5.74) is 0. The van der Waals surface area contributed by atoms with Crippen molar-refractivity contribution in [2.75, 3.05) is 31.6 Å². The summed E-state index contributed by atoms with van der Waals surface area (Å²) in [7, 11) is 0. The zero-order valence-electron chi connectivity index (χ0n) is 10.3. The van der Waals surface area contributed by atoms with Gasteiger partial charge in [-0.1, -0.05) is 23.2 Å². The predicted octanol–water partition coefficient (Wildman–Crippen LogP) is 1.64. The fourth-order valence-electron chi connectivity index (χ4n) is 2.09. The summed E-state index contributed by atoms with van der Waals surface area (Å²) in [6.45, 7) is 2.01. The number of anilines is 1. The first-order chi connectivity index (χ1) is 9.08. The van der Waals surface area contributed by atoms with Gasteiger partial charge in [-0.15, -0.1) is 0 Å². The minimum Gasteiger partial charge on any atom is -0.396 e. The normalized spacial score (nSPS) is 19.6. The summed E-state index contributed by atoms with van der Waals surface area (Å²) in [6.07, 6.45) is 2.35. The van der Waals surface area contributed by atoms with Gasteiger partial charge in [-0.2, -0.15) is 0 Å². The van der Waals surface area contributed by atoms with E-state index in [1.54, 1.807) is 0 Å². The van der Waals surface area contributed by atoms with Crippen LogP contribution in [0.1, 0.15) is 6.42 Å². The molecule has 1 unspecified atom stereocenters. The van der Waals surface area contributed by atoms with Crippen molar-refractivity contribution in [2.24, 2.45) is 5.92 Å². The van der Waals surface area contributed by atoms with Crippen LogP contribution >= 0.6 is 23.2 Å². The minimum atomic E-state index is -0.171. The summed E-state index contributed by atoms with van der Waals surface area (Å²) < 4.78 is 0. The molecule has 0 saturated carbocycles. The molecular weight excluding hydrogens is 289 g/mol. The Kier molecular flexibility index (Phi) is 4.99. The quantitative estimate of drug-likeness (QED) is 0.887. The molecule has 0 spiro atoms. The molecule has 1 aromatic rings. The maximum atomic E-state index is 11.9. The molecule has 1 atom stereocenters. The van der Waals surface area contributed by atoms with E-state index in [1.807, 2.05) is 4.90 Å². The number of hydrogen-bond acceptors (Lipinski definition) is 4. The van der Waals surface area contributed by atoms with E-state index >= 15 is 0 Å². The number of pyridine rings is 1. The number of hydrogen-bond donors (Lipinski definition) is 2. The lowest BCUT2D eigenvalue weighted by Gasteiger charge is -2.15. The molecule has 1 aliphatic rings. The lowest BCUT2D eigenvalue weighted by Crippen LogP contribution is -2.32. The first-order valence-corrected chi connectivity index (χ1v) is 6.78. The summed E-state index contributed by atoms with van der Waals surface area (Å²) in [5.74, 6) is 0.411. The molecule has 1 aliphatic heterocycles. The maximum Gasteiger partial charge on any atom is 0.239 e. The van der Waals surface area contributed by atoms with Crippen molar-refractivity contribution < 1.29 is 9.90 Å². The Balaban J connectivity index is 1.87. The molecule has 104 valence electrons. The molecule has 2 heterocycles. The zero-order valence-corrected chi connectivity index (χ0v) is 11.8. The van der Waals surface area contributed by atoms with Crippen molar-refractivity contribution >= 4 is 34.9 Å². The van der Waals surface area contributed by atoms with Crippen LogP contribution in [0, 0.1) is 5.92 Å². The van der Waals surface area contributed by atoms with Crippen molar-refractivity contribution in [2.45, 2.75) is 6.42 Å². The molecule has 19 heavy (non-hydrogen) atoms. The fourth-order valence-corrected chi connectivity index (χ4v) is 2.51. The molecule has 5 nitrogen and oxygen atoms in total. The average Bonchev–Trinajstić information content (AvgIpc) is 2.80. The number of carbonyl (C=O) groups excluding carboxylic acids is 1. The van der Waals surface area contributed by atoms with Crippen molar-refractivity contribution in [1.82, 2.24) is 9.88 Å². The van der Waals surface area contributed by atoms with Gasteiger partial charge in [-0.25, -0.2) is 4.98 Å². The Morgan fingerprint density at radius 2 is 2.37 bits per heavy atom. The monoisotopic (exact) mass is 303 g/mol. The number of nitrogens with one attached hydrogen (secondary N) is 1. The summed E-state index contributed by atoms with van der Waals surface area (Å²) in [6, 6.07) is 1.53. The van der Waals surface area contributed by atoms with Gasteiger partial charge in [0.1, 0.15) is 0 Å². The van der Waals surface area contributed by atoms with Crippen molar-refractivity contribution in [1.29, 1.82) is 0 Å². The Morgan fingerprint density at radius 3 is 3.00 bits per heavy atom. The highest BCUT2D eigenvalue weighted by atomic mass is 35.5. The maximum absolute atomic E-state index is 11.9. The summed E-state index contributed by atoms with van der Waals surface area (Å²) in [5, 5.41) is 12.4. The number of halogens is 2. The third-order valence-electron chi connectivity index (χ3n) is 3.06. The highest BCUT2D eigenvalue weighted by molar-refractivity contribution is 6.36. The van der Waals surface area contributed by atoms with Crippen LogP contribution in [0.15, 0.2) is 12.3 Å². The standard InChI is InChI=1S/C12H15Cl2N3O2/c13-9-3-10(14)12(15-4-9)16-11(19)6-17-2-1-8(5-17)7-18/h3-4,8,18H,1-2,5-7H2,(H,15,16,19). The fraction of sp³-hybridized carbons (Fsp3) is 0.500. The Bertz CT molecular complexity index is 470. The van der Waals surface area contributed by atoms with Crippen LogP contribution in [0.3, 0.4) is 0 Å². The van der Waals surface area contributed by atoms with Gasteiger partial charge in [-0.3, -0.25) is 9.69 Å². The van der Waals surface area contributed by atoms with E-state index in [-0.39, 0.29) is 25.0 Å². The van der Waals surface area contributed by atoms with Crippen molar-refractivity contribution in [3.63, 3.8) is 0 Å². The number of aliphatic hydroxyl groups is 1. The van der Waals surface area contributed by atoms with Crippen molar-refractivity contribution in [3.8, 4) is 0 Å². The molecule has 1 fully saturated rings. The molecule has 1 amide bonds. The van der Waals surface area contributed by atoms with E-state index in [9.17, 15) is 4.79 Å². The molecule has 7 heteroatoms. The zero-order chi connectivity index (χ0) is 13.8. The van der Waals surface area contributed by atoms with Gasteiger partial charge in [0.25, 0.3) is 0 Å². The van der Waals surface area contributed by atoms with Crippen LogP contribution < -0.4 is 5.32 Å². The number of nitrogens with zero attached hydrogens (tertiary/aromatic N) is 2. The van der Waals surface area contributed by atoms with Gasteiger partial charge in [0, 0.05) is 19.3 Å². The lowest BCUT2D eigenvalue weighted by molar-refractivity contribution is -0.117. The molecule has 2 N–H and O–H groups in total. The lowest BCUT2D eigenvalue weighted by atomic mass is 10.1. The minimum absolute atomic E-state index is 0.169. The molecule has 1 aromatic heterocycles. The molecule has 1 saturated heterocycles. The molecular formula is C12H15Cl2N3O2.